The van der Waals surface area contributed by atoms with E-state index >= 15 is 0 Å². The quantitative estimate of drug-likeness (QED) is 0.619. The van der Waals surface area contributed by atoms with E-state index in [0.717, 1.165) is 5.56 Å². The second kappa shape index (κ2) is 10.6. The van der Waals surface area contributed by atoms with E-state index in [4.69, 9.17) is 4.74 Å². The molecule has 2 atom stereocenters. The van der Waals surface area contributed by atoms with Crippen molar-refractivity contribution in [2.45, 2.75) is 50.2 Å². The van der Waals surface area contributed by atoms with Crippen LogP contribution in [-0.4, -0.2) is 72.8 Å². The fourth-order valence-electron chi connectivity index (χ4n) is 4.84. The normalized spacial score (nSPS) is 21.8. The van der Waals surface area contributed by atoms with Gasteiger partial charge in [0.15, 0.2) is 0 Å². The van der Waals surface area contributed by atoms with E-state index in [1.807, 2.05) is 51.1 Å². The van der Waals surface area contributed by atoms with E-state index in [2.05, 4.69) is 0 Å². The van der Waals surface area contributed by atoms with Gasteiger partial charge in [0.05, 0.1) is 16.9 Å². The van der Waals surface area contributed by atoms with Crippen molar-refractivity contribution in [3.05, 3.63) is 66.2 Å². The number of hydrogen-bond acceptors (Lipinski definition) is 5. The maximum absolute atomic E-state index is 13.7. The summed E-state index contributed by atoms with van der Waals surface area (Å²) in [6.45, 7) is 7.20. The number of ether oxygens (including phenoxy) is 1. The second-order valence-corrected chi connectivity index (χ2v) is 12.3. The SMILES string of the molecule is CC(C)(C)OC(=O)N1CCN(C(=O)[C@@H]2CC[C@H](c3ccccc3)N(S(=O)(=O)c3ccccc3)C2)CC1. The third-order valence-electron chi connectivity index (χ3n) is 6.66. The van der Waals surface area contributed by atoms with Gasteiger partial charge in [-0.05, 0) is 51.3 Å². The van der Waals surface area contributed by atoms with Gasteiger partial charge in [0, 0.05) is 32.7 Å². The number of hydrogen-bond donors (Lipinski definition) is 0. The molecule has 0 aliphatic carbocycles. The van der Waals surface area contributed by atoms with E-state index in [1.54, 1.807) is 40.1 Å². The summed E-state index contributed by atoms with van der Waals surface area (Å²) in [5, 5.41) is 0. The topological polar surface area (TPSA) is 87.2 Å². The number of amides is 2. The van der Waals surface area contributed by atoms with E-state index in [-0.39, 0.29) is 29.5 Å². The van der Waals surface area contributed by atoms with Crippen LogP contribution in [0.3, 0.4) is 0 Å². The molecular weight excluding hydrogens is 478 g/mol. The maximum Gasteiger partial charge on any atom is 0.410 e. The van der Waals surface area contributed by atoms with Crippen molar-refractivity contribution in [3.63, 3.8) is 0 Å². The minimum absolute atomic E-state index is 0.0568. The summed E-state index contributed by atoms with van der Waals surface area (Å²) in [6.07, 6.45) is 0.786. The van der Waals surface area contributed by atoms with Crippen LogP contribution in [0.1, 0.15) is 45.2 Å². The van der Waals surface area contributed by atoms with Crippen molar-refractivity contribution in [1.82, 2.24) is 14.1 Å². The maximum atomic E-state index is 13.7. The Labute approximate surface area is 213 Å². The number of rotatable bonds is 4. The van der Waals surface area contributed by atoms with Gasteiger partial charge in [0.25, 0.3) is 0 Å². The molecule has 9 heteroatoms. The van der Waals surface area contributed by atoms with Crippen molar-refractivity contribution >= 4 is 22.0 Å². The van der Waals surface area contributed by atoms with Gasteiger partial charge < -0.3 is 14.5 Å². The first-order valence-corrected chi connectivity index (χ1v) is 13.9. The number of nitrogens with zero attached hydrogens (tertiary/aromatic N) is 3. The molecule has 0 aromatic heterocycles. The molecule has 0 saturated carbocycles. The standard InChI is InChI=1S/C27H35N3O5S/c1-27(2,3)35-26(32)29-18-16-28(17-19-29)25(31)22-14-15-24(21-10-6-4-7-11-21)30(20-22)36(33,34)23-12-8-5-9-13-23/h4-13,22,24H,14-20H2,1-3H3/t22-,24-/m1/s1. The summed E-state index contributed by atoms with van der Waals surface area (Å²) < 4.78 is 34.3. The van der Waals surface area contributed by atoms with Crippen LogP contribution in [-0.2, 0) is 19.6 Å². The van der Waals surface area contributed by atoms with Crippen LogP contribution < -0.4 is 0 Å². The third-order valence-corrected chi connectivity index (χ3v) is 8.55. The zero-order valence-electron chi connectivity index (χ0n) is 21.2. The molecule has 8 nitrogen and oxygen atoms in total. The van der Waals surface area contributed by atoms with E-state index in [9.17, 15) is 18.0 Å². The zero-order valence-corrected chi connectivity index (χ0v) is 22.0. The largest absolute Gasteiger partial charge is 0.444 e. The Balaban J connectivity index is 1.49. The van der Waals surface area contributed by atoms with Crippen molar-refractivity contribution in [1.29, 1.82) is 0 Å². The van der Waals surface area contributed by atoms with Gasteiger partial charge in [0.2, 0.25) is 15.9 Å². The van der Waals surface area contributed by atoms with Crippen LogP contribution in [0.5, 0.6) is 0 Å². The van der Waals surface area contributed by atoms with Crippen LogP contribution in [0, 0.1) is 5.92 Å². The van der Waals surface area contributed by atoms with Crippen molar-refractivity contribution in [3.8, 4) is 0 Å². The third kappa shape index (κ3) is 5.90. The Bertz CT molecular complexity index is 1160. The zero-order chi connectivity index (χ0) is 25.9. The number of piperidine rings is 1. The molecule has 194 valence electrons. The molecule has 0 unspecified atom stereocenters. The van der Waals surface area contributed by atoms with Gasteiger partial charge in [-0.2, -0.15) is 4.31 Å². The molecule has 0 N–H and O–H groups in total. The Hall–Kier alpha value is -2.91. The fraction of sp³-hybridized carbons (Fsp3) is 0.481. The van der Waals surface area contributed by atoms with Gasteiger partial charge in [-0.3, -0.25) is 4.79 Å². The molecule has 2 heterocycles. The summed E-state index contributed by atoms with van der Waals surface area (Å²) in [6, 6.07) is 17.7. The lowest BCUT2D eigenvalue weighted by Crippen LogP contribution is -2.54. The Morgan fingerprint density at radius 1 is 0.833 bits per heavy atom. The first kappa shape index (κ1) is 26.2. The lowest BCUT2D eigenvalue weighted by atomic mass is 9.90. The first-order valence-electron chi connectivity index (χ1n) is 12.4. The Morgan fingerprint density at radius 3 is 1.97 bits per heavy atom. The van der Waals surface area contributed by atoms with Crippen molar-refractivity contribution < 1.29 is 22.7 Å². The van der Waals surface area contributed by atoms with E-state index < -0.39 is 21.5 Å². The molecule has 2 aliphatic rings. The molecule has 36 heavy (non-hydrogen) atoms. The van der Waals surface area contributed by atoms with E-state index in [1.165, 1.54) is 4.31 Å². The molecule has 2 aliphatic heterocycles. The molecule has 0 bridgehead atoms. The van der Waals surface area contributed by atoms with Crippen LogP contribution in [0.15, 0.2) is 65.6 Å². The lowest BCUT2D eigenvalue weighted by molar-refractivity contribution is -0.138. The van der Waals surface area contributed by atoms with Gasteiger partial charge in [0.1, 0.15) is 5.60 Å². The molecule has 2 amide bonds. The minimum atomic E-state index is -3.80. The molecule has 2 aromatic carbocycles. The predicted octanol–water partition coefficient (Wildman–Crippen LogP) is 3.91. The highest BCUT2D eigenvalue weighted by Crippen LogP contribution is 2.38. The summed E-state index contributed by atoms with van der Waals surface area (Å²) >= 11 is 0. The summed E-state index contributed by atoms with van der Waals surface area (Å²) in [5.74, 6) is -0.491. The van der Waals surface area contributed by atoms with Crippen molar-refractivity contribution in [2.24, 2.45) is 5.92 Å². The monoisotopic (exact) mass is 513 g/mol. The van der Waals surface area contributed by atoms with Crippen molar-refractivity contribution in [2.75, 3.05) is 32.7 Å². The molecule has 0 spiro atoms. The summed E-state index contributed by atoms with van der Waals surface area (Å²) in [7, 11) is -3.80. The predicted molar refractivity (Wildman–Crippen MR) is 137 cm³/mol. The van der Waals surface area contributed by atoms with Crippen LogP contribution in [0.4, 0.5) is 4.79 Å². The van der Waals surface area contributed by atoms with E-state index in [0.29, 0.717) is 39.0 Å². The van der Waals surface area contributed by atoms with Crippen LogP contribution in [0.25, 0.3) is 0 Å². The van der Waals surface area contributed by atoms with Gasteiger partial charge in [-0.15, -0.1) is 0 Å². The molecule has 0 radical (unpaired) electrons. The summed E-state index contributed by atoms with van der Waals surface area (Å²) in [5.41, 5.74) is 0.351. The number of carbonyl (C=O) groups is 2. The first-order chi connectivity index (χ1) is 17.1. The smallest absolute Gasteiger partial charge is 0.410 e. The molecule has 4 rings (SSSR count). The van der Waals surface area contributed by atoms with Gasteiger partial charge >= 0.3 is 6.09 Å². The Morgan fingerprint density at radius 2 is 1.39 bits per heavy atom. The minimum Gasteiger partial charge on any atom is -0.444 e. The average molecular weight is 514 g/mol. The molecular formula is C27H35N3O5S. The molecule has 2 saturated heterocycles. The number of piperazine rings is 1. The van der Waals surface area contributed by atoms with Gasteiger partial charge in [-0.25, -0.2) is 13.2 Å². The van der Waals surface area contributed by atoms with Gasteiger partial charge in [-0.1, -0.05) is 48.5 Å². The number of benzene rings is 2. The highest BCUT2D eigenvalue weighted by Gasteiger charge is 2.41. The van der Waals surface area contributed by atoms with Crippen LogP contribution >= 0.6 is 0 Å². The lowest BCUT2D eigenvalue weighted by Gasteiger charge is -2.41. The molecule has 2 fully saturated rings. The number of carbonyl (C=O) groups excluding carboxylic acids is 2. The average Bonchev–Trinajstić information content (AvgIpc) is 2.88. The molecule has 2 aromatic rings. The highest BCUT2D eigenvalue weighted by molar-refractivity contribution is 7.89. The highest BCUT2D eigenvalue weighted by atomic mass is 32.2. The summed E-state index contributed by atoms with van der Waals surface area (Å²) in [4.78, 5) is 29.5. The van der Waals surface area contributed by atoms with Crippen LogP contribution in [0.2, 0.25) is 0 Å². The second-order valence-electron chi connectivity index (χ2n) is 10.4. The Kier molecular flexibility index (Phi) is 7.70. The fourth-order valence-corrected chi connectivity index (χ4v) is 6.55. The number of sulfonamides is 1.